The summed E-state index contributed by atoms with van der Waals surface area (Å²) in [5.41, 5.74) is 0. The molecule has 0 spiro atoms. The Bertz CT molecular complexity index is 568. The van der Waals surface area contributed by atoms with E-state index in [9.17, 15) is 9.59 Å². The van der Waals surface area contributed by atoms with Crippen molar-refractivity contribution in [3.05, 3.63) is 5.01 Å². The van der Waals surface area contributed by atoms with Gasteiger partial charge in [-0.2, -0.15) is 0 Å². The molecule has 1 aromatic heterocycles. The number of aromatic nitrogens is 2. The molecule has 0 aliphatic heterocycles. The van der Waals surface area contributed by atoms with Crippen molar-refractivity contribution in [2.24, 2.45) is 17.8 Å². The summed E-state index contributed by atoms with van der Waals surface area (Å²) >= 11 is 1.46. The molecule has 0 bridgehead atoms. The molecule has 7 heteroatoms. The minimum Gasteiger partial charge on any atom is -0.355 e. The van der Waals surface area contributed by atoms with Crippen molar-refractivity contribution in [1.29, 1.82) is 0 Å². The Labute approximate surface area is 140 Å². The van der Waals surface area contributed by atoms with E-state index in [1.165, 1.54) is 37.0 Å². The highest BCUT2D eigenvalue weighted by Crippen LogP contribution is 2.37. The molecule has 2 fully saturated rings. The van der Waals surface area contributed by atoms with Crippen molar-refractivity contribution < 1.29 is 9.59 Å². The fraction of sp³-hybridized carbons (Fsp3) is 0.750. The SMILES string of the molecule is C[C@H]1C[C@H]1C(=O)NCCC(=O)Nc1nnc(CC2CCCC2)s1. The second-order valence-electron chi connectivity index (χ2n) is 6.76. The second-order valence-corrected chi connectivity index (χ2v) is 7.83. The number of hydrogen-bond donors (Lipinski definition) is 2. The van der Waals surface area contributed by atoms with Gasteiger partial charge in [-0.15, -0.1) is 10.2 Å². The fourth-order valence-corrected chi connectivity index (χ4v) is 4.02. The molecule has 23 heavy (non-hydrogen) atoms. The monoisotopic (exact) mass is 336 g/mol. The highest BCUT2D eigenvalue weighted by Gasteiger charge is 2.38. The Hall–Kier alpha value is -1.50. The number of rotatable bonds is 7. The van der Waals surface area contributed by atoms with Gasteiger partial charge in [-0.05, 0) is 18.3 Å². The normalized spacial score (nSPS) is 23.7. The summed E-state index contributed by atoms with van der Waals surface area (Å²) in [5.74, 6) is 1.31. The minimum absolute atomic E-state index is 0.0695. The smallest absolute Gasteiger partial charge is 0.227 e. The first-order valence-electron chi connectivity index (χ1n) is 8.51. The van der Waals surface area contributed by atoms with Crippen molar-refractivity contribution in [1.82, 2.24) is 15.5 Å². The van der Waals surface area contributed by atoms with Gasteiger partial charge in [-0.25, -0.2) is 0 Å². The van der Waals surface area contributed by atoms with E-state index in [1.54, 1.807) is 0 Å². The molecule has 3 rings (SSSR count). The van der Waals surface area contributed by atoms with Crippen LogP contribution in [0.3, 0.4) is 0 Å². The molecule has 2 saturated carbocycles. The molecule has 6 nitrogen and oxygen atoms in total. The number of carbonyl (C=O) groups is 2. The molecule has 2 aliphatic carbocycles. The summed E-state index contributed by atoms with van der Waals surface area (Å²) in [6, 6.07) is 0. The molecule has 1 heterocycles. The second kappa shape index (κ2) is 7.38. The third kappa shape index (κ3) is 4.73. The van der Waals surface area contributed by atoms with E-state index in [0.29, 0.717) is 17.6 Å². The first kappa shape index (κ1) is 16.4. The first-order chi connectivity index (χ1) is 11.1. The number of hydrogen-bond acceptors (Lipinski definition) is 5. The topological polar surface area (TPSA) is 84.0 Å². The predicted molar refractivity (Wildman–Crippen MR) is 89.1 cm³/mol. The van der Waals surface area contributed by atoms with Crippen molar-refractivity contribution in [2.75, 3.05) is 11.9 Å². The van der Waals surface area contributed by atoms with Crippen LogP contribution in [-0.4, -0.2) is 28.6 Å². The predicted octanol–water partition coefficient (Wildman–Crippen LogP) is 2.37. The summed E-state index contributed by atoms with van der Waals surface area (Å²) in [6.45, 7) is 2.44. The van der Waals surface area contributed by atoms with Crippen LogP contribution >= 0.6 is 11.3 Å². The van der Waals surface area contributed by atoms with Crippen LogP contribution in [0.15, 0.2) is 0 Å². The van der Waals surface area contributed by atoms with E-state index in [0.717, 1.165) is 23.8 Å². The maximum atomic E-state index is 11.9. The van der Waals surface area contributed by atoms with Crippen LogP contribution in [0, 0.1) is 17.8 Å². The summed E-state index contributed by atoms with van der Waals surface area (Å²) in [4.78, 5) is 23.5. The number of nitrogens with one attached hydrogen (secondary N) is 2. The van der Waals surface area contributed by atoms with Crippen LogP contribution < -0.4 is 10.6 Å². The zero-order valence-corrected chi connectivity index (χ0v) is 14.3. The van der Waals surface area contributed by atoms with Gasteiger partial charge in [0.15, 0.2) is 0 Å². The highest BCUT2D eigenvalue weighted by atomic mass is 32.1. The van der Waals surface area contributed by atoms with Crippen molar-refractivity contribution >= 4 is 28.3 Å². The van der Waals surface area contributed by atoms with Crippen molar-refractivity contribution in [2.45, 2.75) is 51.9 Å². The van der Waals surface area contributed by atoms with Gasteiger partial charge < -0.3 is 10.6 Å². The molecule has 0 unspecified atom stereocenters. The van der Waals surface area contributed by atoms with Crippen LogP contribution in [0.5, 0.6) is 0 Å². The zero-order valence-electron chi connectivity index (χ0n) is 13.5. The standard InChI is InChI=1S/C16H24N4O2S/c1-10-8-12(10)15(22)17-7-6-13(21)18-16-20-19-14(23-16)9-11-4-2-3-5-11/h10-12H,2-9H2,1H3,(H,17,22)(H,18,20,21)/t10-,12+/m0/s1. The number of nitrogens with zero attached hydrogens (tertiary/aromatic N) is 2. The van der Waals surface area contributed by atoms with Gasteiger partial charge in [0.2, 0.25) is 16.9 Å². The van der Waals surface area contributed by atoms with Gasteiger partial charge in [0.05, 0.1) is 0 Å². The Kier molecular flexibility index (Phi) is 5.25. The third-order valence-corrected chi connectivity index (χ3v) is 5.61. The lowest BCUT2D eigenvalue weighted by Gasteiger charge is -2.04. The van der Waals surface area contributed by atoms with Crippen LogP contribution in [0.4, 0.5) is 5.13 Å². The molecule has 0 radical (unpaired) electrons. The van der Waals surface area contributed by atoms with Gasteiger partial charge in [0, 0.05) is 25.3 Å². The molecule has 2 amide bonds. The van der Waals surface area contributed by atoms with Crippen LogP contribution in [-0.2, 0) is 16.0 Å². The third-order valence-electron chi connectivity index (χ3n) is 4.75. The van der Waals surface area contributed by atoms with Crippen molar-refractivity contribution in [3.8, 4) is 0 Å². The summed E-state index contributed by atoms with van der Waals surface area (Å²) in [5, 5.41) is 15.3. The summed E-state index contributed by atoms with van der Waals surface area (Å²) in [7, 11) is 0. The van der Waals surface area contributed by atoms with Gasteiger partial charge in [-0.3, -0.25) is 9.59 Å². The van der Waals surface area contributed by atoms with Gasteiger partial charge in [-0.1, -0.05) is 43.9 Å². The largest absolute Gasteiger partial charge is 0.355 e. The molecular weight excluding hydrogens is 312 g/mol. The van der Waals surface area contributed by atoms with Crippen molar-refractivity contribution in [3.63, 3.8) is 0 Å². The Morgan fingerprint density at radius 1 is 1.26 bits per heavy atom. The molecule has 0 saturated heterocycles. The Balaban J connectivity index is 1.36. The Morgan fingerprint density at radius 3 is 2.70 bits per heavy atom. The Morgan fingerprint density at radius 2 is 2.00 bits per heavy atom. The van der Waals surface area contributed by atoms with Gasteiger partial charge in [0.25, 0.3) is 0 Å². The molecule has 0 aromatic carbocycles. The molecule has 2 N–H and O–H groups in total. The molecular formula is C16H24N4O2S. The average molecular weight is 336 g/mol. The molecule has 2 aliphatic rings. The molecule has 2 atom stereocenters. The van der Waals surface area contributed by atoms with E-state index in [-0.39, 0.29) is 24.2 Å². The quantitative estimate of drug-likeness (QED) is 0.800. The van der Waals surface area contributed by atoms with E-state index < -0.39 is 0 Å². The van der Waals surface area contributed by atoms with E-state index in [2.05, 4.69) is 27.8 Å². The van der Waals surface area contributed by atoms with E-state index in [1.807, 2.05) is 0 Å². The highest BCUT2D eigenvalue weighted by molar-refractivity contribution is 7.15. The lowest BCUT2D eigenvalue weighted by molar-refractivity contribution is -0.122. The minimum atomic E-state index is -0.127. The number of amides is 2. The van der Waals surface area contributed by atoms with E-state index in [4.69, 9.17) is 0 Å². The van der Waals surface area contributed by atoms with Crippen LogP contribution in [0.1, 0.15) is 50.5 Å². The fourth-order valence-electron chi connectivity index (χ4n) is 3.15. The molecule has 126 valence electrons. The van der Waals surface area contributed by atoms with Gasteiger partial charge in [0.1, 0.15) is 5.01 Å². The zero-order chi connectivity index (χ0) is 16.2. The average Bonchev–Trinajstić information content (AvgIpc) is 2.92. The lowest BCUT2D eigenvalue weighted by atomic mass is 10.1. The van der Waals surface area contributed by atoms with Crippen LogP contribution in [0.2, 0.25) is 0 Å². The van der Waals surface area contributed by atoms with Crippen LogP contribution in [0.25, 0.3) is 0 Å². The molecule has 1 aromatic rings. The maximum absolute atomic E-state index is 11.9. The van der Waals surface area contributed by atoms with E-state index >= 15 is 0 Å². The number of carbonyl (C=O) groups excluding carboxylic acids is 2. The summed E-state index contributed by atoms with van der Waals surface area (Å²) in [6.07, 6.45) is 7.40. The first-order valence-corrected chi connectivity index (χ1v) is 9.33. The van der Waals surface area contributed by atoms with Gasteiger partial charge >= 0.3 is 0 Å². The number of anilines is 1. The maximum Gasteiger partial charge on any atom is 0.227 e. The lowest BCUT2D eigenvalue weighted by Crippen LogP contribution is -2.29. The summed E-state index contributed by atoms with van der Waals surface area (Å²) < 4.78 is 0.